The smallest absolute Gasteiger partial charge is 0.337 e. The van der Waals surface area contributed by atoms with Gasteiger partial charge >= 0.3 is 5.97 Å². The molecule has 1 heterocycles. The molecule has 0 spiro atoms. The summed E-state index contributed by atoms with van der Waals surface area (Å²) >= 11 is 0. The minimum absolute atomic E-state index is 0.118. The van der Waals surface area contributed by atoms with Gasteiger partial charge in [0, 0.05) is 18.3 Å². The van der Waals surface area contributed by atoms with Gasteiger partial charge in [0.1, 0.15) is 0 Å². The molecular weight excluding hydrogens is 208 g/mol. The summed E-state index contributed by atoms with van der Waals surface area (Å²) in [5.74, 6) is -0.971. The number of aromatic nitrogens is 1. The van der Waals surface area contributed by atoms with Crippen molar-refractivity contribution >= 4 is 5.97 Å². The molecule has 0 saturated heterocycles. The van der Waals surface area contributed by atoms with E-state index in [1.54, 1.807) is 6.07 Å². The maximum atomic E-state index is 10.6. The molecular formula is C11H14N2O3. The molecule has 5 nitrogen and oxygen atoms in total. The fourth-order valence-corrected chi connectivity index (χ4v) is 1.48. The summed E-state index contributed by atoms with van der Waals surface area (Å²) in [6.07, 6.45) is 3.31. The van der Waals surface area contributed by atoms with Crippen LogP contribution in [-0.4, -0.2) is 33.3 Å². The van der Waals surface area contributed by atoms with E-state index < -0.39 is 5.97 Å². The van der Waals surface area contributed by atoms with Gasteiger partial charge in [0.05, 0.1) is 17.9 Å². The zero-order chi connectivity index (χ0) is 11.6. The standard InChI is InChI=1S/C11H14N2O3/c14-7-11(3-4-11)13-6-9-2-1-8(5-12-9)10(15)16/h1-2,5,13-14H,3-4,6-7H2,(H,15,16). The third kappa shape index (κ3) is 2.37. The SMILES string of the molecule is O=C(O)c1ccc(CNC2(CO)CC2)nc1. The van der Waals surface area contributed by atoms with Crippen LogP contribution >= 0.6 is 0 Å². The maximum Gasteiger partial charge on any atom is 0.337 e. The van der Waals surface area contributed by atoms with Crippen molar-refractivity contribution in [3.05, 3.63) is 29.6 Å². The monoisotopic (exact) mass is 222 g/mol. The Morgan fingerprint density at radius 1 is 1.50 bits per heavy atom. The van der Waals surface area contributed by atoms with Gasteiger partial charge in [-0.25, -0.2) is 4.79 Å². The molecule has 1 fully saturated rings. The quantitative estimate of drug-likeness (QED) is 0.671. The average Bonchev–Trinajstić information content (AvgIpc) is 3.08. The molecule has 0 unspecified atom stereocenters. The van der Waals surface area contributed by atoms with Gasteiger partial charge < -0.3 is 15.5 Å². The van der Waals surface area contributed by atoms with Crippen LogP contribution in [-0.2, 0) is 6.54 Å². The number of aliphatic hydroxyl groups excluding tert-OH is 1. The van der Waals surface area contributed by atoms with Crippen molar-refractivity contribution in [2.75, 3.05) is 6.61 Å². The first-order valence-electron chi connectivity index (χ1n) is 5.19. The van der Waals surface area contributed by atoms with Crippen LogP contribution in [0.5, 0.6) is 0 Å². The van der Waals surface area contributed by atoms with E-state index in [-0.39, 0.29) is 17.7 Å². The molecule has 1 aliphatic rings. The van der Waals surface area contributed by atoms with Crippen LogP contribution < -0.4 is 5.32 Å². The molecule has 0 bridgehead atoms. The number of hydrogen-bond acceptors (Lipinski definition) is 4. The summed E-state index contributed by atoms with van der Waals surface area (Å²) in [6, 6.07) is 3.22. The van der Waals surface area contributed by atoms with E-state index in [2.05, 4.69) is 10.3 Å². The molecule has 1 aliphatic carbocycles. The van der Waals surface area contributed by atoms with E-state index >= 15 is 0 Å². The van der Waals surface area contributed by atoms with Gasteiger partial charge in [-0.1, -0.05) is 0 Å². The van der Waals surface area contributed by atoms with E-state index in [0.717, 1.165) is 18.5 Å². The van der Waals surface area contributed by atoms with E-state index in [1.165, 1.54) is 12.3 Å². The van der Waals surface area contributed by atoms with Crippen molar-refractivity contribution in [2.24, 2.45) is 0 Å². The largest absolute Gasteiger partial charge is 0.478 e. The van der Waals surface area contributed by atoms with Crippen molar-refractivity contribution in [3.8, 4) is 0 Å². The van der Waals surface area contributed by atoms with Gasteiger partial charge in [0.2, 0.25) is 0 Å². The highest BCUT2D eigenvalue weighted by Crippen LogP contribution is 2.34. The van der Waals surface area contributed by atoms with Gasteiger partial charge in [-0.3, -0.25) is 4.98 Å². The molecule has 5 heteroatoms. The number of carboxylic acid groups (broad SMARTS) is 1. The number of carboxylic acids is 1. The second-order valence-corrected chi connectivity index (χ2v) is 4.14. The molecule has 1 aromatic heterocycles. The van der Waals surface area contributed by atoms with Gasteiger partial charge in [0.15, 0.2) is 0 Å². The third-order valence-electron chi connectivity index (χ3n) is 2.87. The lowest BCUT2D eigenvalue weighted by Crippen LogP contribution is -2.34. The Morgan fingerprint density at radius 3 is 2.69 bits per heavy atom. The molecule has 16 heavy (non-hydrogen) atoms. The molecule has 2 rings (SSSR count). The zero-order valence-electron chi connectivity index (χ0n) is 8.81. The fourth-order valence-electron chi connectivity index (χ4n) is 1.48. The summed E-state index contributed by atoms with van der Waals surface area (Å²) in [4.78, 5) is 14.6. The first kappa shape index (κ1) is 11.0. The number of hydrogen-bond donors (Lipinski definition) is 3. The summed E-state index contributed by atoms with van der Waals surface area (Å²) in [7, 11) is 0. The molecule has 86 valence electrons. The van der Waals surface area contributed by atoms with Crippen molar-refractivity contribution in [2.45, 2.75) is 24.9 Å². The second kappa shape index (κ2) is 4.19. The number of nitrogens with zero attached hydrogens (tertiary/aromatic N) is 1. The predicted molar refractivity (Wildman–Crippen MR) is 57.1 cm³/mol. The van der Waals surface area contributed by atoms with E-state index in [0.29, 0.717) is 6.54 Å². The van der Waals surface area contributed by atoms with Crippen LogP contribution in [0.2, 0.25) is 0 Å². The first-order chi connectivity index (χ1) is 7.65. The Hall–Kier alpha value is -1.46. The Labute approximate surface area is 93.1 Å². The first-order valence-corrected chi connectivity index (χ1v) is 5.19. The van der Waals surface area contributed by atoms with Crippen molar-refractivity contribution in [1.82, 2.24) is 10.3 Å². The molecule has 1 saturated carbocycles. The highest BCUT2D eigenvalue weighted by Gasteiger charge is 2.41. The molecule has 0 aromatic carbocycles. The van der Waals surface area contributed by atoms with Crippen molar-refractivity contribution < 1.29 is 15.0 Å². The van der Waals surface area contributed by atoms with Gasteiger partial charge in [0.25, 0.3) is 0 Å². The Balaban J connectivity index is 1.93. The van der Waals surface area contributed by atoms with Crippen LogP contribution in [0.15, 0.2) is 18.3 Å². The molecule has 3 N–H and O–H groups in total. The summed E-state index contributed by atoms with van der Waals surface area (Å²) < 4.78 is 0. The van der Waals surface area contributed by atoms with Crippen molar-refractivity contribution in [3.63, 3.8) is 0 Å². The van der Waals surface area contributed by atoms with Crippen LogP contribution in [0, 0.1) is 0 Å². The highest BCUT2D eigenvalue weighted by atomic mass is 16.4. The minimum Gasteiger partial charge on any atom is -0.478 e. The lowest BCUT2D eigenvalue weighted by atomic mass is 10.2. The normalized spacial score (nSPS) is 17.1. The summed E-state index contributed by atoms with van der Waals surface area (Å²) in [5, 5.41) is 21.0. The van der Waals surface area contributed by atoms with E-state index in [4.69, 9.17) is 10.2 Å². The fraction of sp³-hybridized carbons (Fsp3) is 0.455. The minimum atomic E-state index is -0.971. The number of aromatic carboxylic acids is 1. The van der Waals surface area contributed by atoms with Gasteiger partial charge in [-0.05, 0) is 25.0 Å². The number of rotatable bonds is 5. The summed E-state index contributed by atoms with van der Waals surface area (Å²) in [5.41, 5.74) is 0.851. The lowest BCUT2D eigenvalue weighted by Gasteiger charge is -2.13. The van der Waals surface area contributed by atoms with Gasteiger partial charge in [-0.2, -0.15) is 0 Å². The highest BCUT2D eigenvalue weighted by molar-refractivity contribution is 5.87. The van der Waals surface area contributed by atoms with E-state index in [1.807, 2.05) is 0 Å². The topological polar surface area (TPSA) is 82.5 Å². The second-order valence-electron chi connectivity index (χ2n) is 4.14. The van der Waals surface area contributed by atoms with Crippen LogP contribution in [0.3, 0.4) is 0 Å². The van der Waals surface area contributed by atoms with Crippen LogP contribution in [0.25, 0.3) is 0 Å². The van der Waals surface area contributed by atoms with Crippen molar-refractivity contribution in [1.29, 1.82) is 0 Å². The Morgan fingerprint density at radius 2 is 2.25 bits per heavy atom. The number of carbonyl (C=O) groups is 1. The third-order valence-corrected chi connectivity index (χ3v) is 2.87. The Bertz CT molecular complexity index is 385. The summed E-state index contributed by atoms with van der Waals surface area (Å²) in [6.45, 7) is 0.695. The average molecular weight is 222 g/mol. The predicted octanol–water partition coefficient (Wildman–Crippen LogP) is 0.394. The molecule has 0 aliphatic heterocycles. The molecule has 0 atom stereocenters. The maximum absolute atomic E-state index is 10.6. The molecule has 0 amide bonds. The zero-order valence-corrected chi connectivity index (χ0v) is 8.81. The van der Waals surface area contributed by atoms with Crippen LogP contribution in [0.1, 0.15) is 28.9 Å². The lowest BCUT2D eigenvalue weighted by molar-refractivity contribution is 0.0696. The number of aliphatic hydroxyl groups is 1. The number of nitrogens with one attached hydrogen (secondary N) is 1. The Kier molecular flexibility index (Phi) is 2.89. The number of pyridine rings is 1. The van der Waals surface area contributed by atoms with E-state index in [9.17, 15) is 4.79 Å². The molecule has 0 radical (unpaired) electrons. The molecule has 1 aromatic rings. The van der Waals surface area contributed by atoms with Crippen LogP contribution in [0.4, 0.5) is 0 Å². The van der Waals surface area contributed by atoms with Gasteiger partial charge in [-0.15, -0.1) is 0 Å².